The van der Waals surface area contributed by atoms with E-state index in [1.54, 1.807) is 31.3 Å². The second-order valence-electron chi connectivity index (χ2n) is 7.75. The van der Waals surface area contributed by atoms with Gasteiger partial charge < -0.3 is 19.4 Å². The molecule has 0 aliphatic carbocycles. The lowest BCUT2D eigenvalue weighted by atomic mass is 10.1. The first-order valence-corrected chi connectivity index (χ1v) is 12.4. The molecule has 0 saturated heterocycles. The molecule has 0 bridgehead atoms. The molecule has 4 rings (SSSR count). The number of ether oxygens (including phenoxy) is 2. The average molecular weight is 471 g/mol. The molecule has 0 spiro atoms. The van der Waals surface area contributed by atoms with Crippen molar-refractivity contribution in [1.82, 2.24) is 14.9 Å². The lowest BCUT2D eigenvalue weighted by Crippen LogP contribution is -2.47. The highest BCUT2D eigenvalue weighted by Gasteiger charge is 2.30. The van der Waals surface area contributed by atoms with Crippen molar-refractivity contribution in [2.45, 2.75) is 26.4 Å². The van der Waals surface area contributed by atoms with Crippen molar-refractivity contribution >= 4 is 21.6 Å². The minimum atomic E-state index is -3.76. The van der Waals surface area contributed by atoms with Crippen molar-refractivity contribution in [3.05, 3.63) is 66.2 Å². The van der Waals surface area contributed by atoms with Crippen LogP contribution in [-0.4, -0.2) is 49.4 Å². The zero-order valence-corrected chi connectivity index (χ0v) is 19.5. The van der Waals surface area contributed by atoms with Crippen LogP contribution in [0.25, 0.3) is 5.69 Å². The summed E-state index contributed by atoms with van der Waals surface area (Å²) in [6.45, 7) is 4.49. The smallest absolute Gasteiger partial charge is 0.243 e. The fourth-order valence-corrected chi connectivity index (χ4v) is 5.00. The number of amides is 1. The van der Waals surface area contributed by atoms with Crippen LogP contribution >= 0.6 is 0 Å². The molecule has 1 N–H and O–H groups in total. The second kappa shape index (κ2) is 9.14. The van der Waals surface area contributed by atoms with Gasteiger partial charge in [0.15, 0.2) is 11.5 Å². The molecule has 0 unspecified atom stereocenters. The minimum absolute atomic E-state index is 0.232. The molecule has 0 radical (unpaired) electrons. The molecule has 174 valence electrons. The molecule has 1 aliphatic rings. The maximum atomic E-state index is 13.0. The first-order valence-electron chi connectivity index (χ1n) is 10.5. The van der Waals surface area contributed by atoms with Crippen LogP contribution in [0, 0.1) is 6.92 Å². The number of anilines is 1. The summed E-state index contributed by atoms with van der Waals surface area (Å²) in [7, 11) is -3.76. The van der Waals surface area contributed by atoms with Gasteiger partial charge in [0.2, 0.25) is 15.9 Å². The summed E-state index contributed by atoms with van der Waals surface area (Å²) in [6.07, 6.45) is 4.64. The van der Waals surface area contributed by atoms with Crippen molar-refractivity contribution in [1.29, 1.82) is 0 Å². The third-order valence-corrected chi connectivity index (χ3v) is 6.64. The highest BCUT2D eigenvalue weighted by molar-refractivity contribution is 7.92. The third kappa shape index (κ3) is 4.80. The molecule has 33 heavy (non-hydrogen) atoms. The number of hydrogen-bond donors (Lipinski definition) is 1. The standard InChI is InChI=1S/C23H26N4O5S/c1-16(27(33(3,29)30)19-8-9-21-22(14-19)32-13-12-31-21)23(28)25-15-18-6-4-5-7-20(18)26-11-10-24-17(26)2/h4-11,14,16H,12-13,15H2,1-3H3,(H,25,28)/t16-/m0/s1. The fraction of sp³-hybridized carbons (Fsp3) is 0.304. The van der Waals surface area contributed by atoms with Gasteiger partial charge in [-0.15, -0.1) is 0 Å². The summed E-state index contributed by atoms with van der Waals surface area (Å²) >= 11 is 0. The third-order valence-electron chi connectivity index (χ3n) is 5.40. The molecule has 1 amide bonds. The Morgan fingerprint density at radius 2 is 1.91 bits per heavy atom. The normalized spacial score (nSPS) is 13.9. The van der Waals surface area contributed by atoms with Gasteiger partial charge >= 0.3 is 0 Å². The number of nitrogens with zero attached hydrogens (tertiary/aromatic N) is 3. The van der Waals surface area contributed by atoms with Crippen LogP contribution in [0.5, 0.6) is 11.5 Å². The van der Waals surface area contributed by atoms with Gasteiger partial charge in [0.1, 0.15) is 25.1 Å². The predicted molar refractivity (Wildman–Crippen MR) is 124 cm³/mol. The Labute approximate surface area is 193 Å². The van der Waals surface area contributed by atoms with Gasteiger partial charge in [-0.1, -0.05) is 18.2 Å². The molecule has 1 aromatic heterocycles. The predicted octanol–water partition coefficient (Wildman–Crippen LogP) is 2.42. The lowest BCUT2D eigenvalue weighted by molar-refractivity contribution is -0.122. The summed E-state index contributed by atoms with van der Waals surface area (Å²) in [5.41, 5.74) is 2.11. The first kappa shape index (κ1) is 22.7. The van der Waals surface area contributed by atoms with Gasteiger partial charge in [0.25, 0.3) is 0 Å². The molecule has 1 atom stereocenters. The minimum Gasteiger partial charge on any atom is -0.486 e. The van der Waals surface area contributed by atoms with Crippen molar-refractivity contribution in [3.8, 4) is 17.2 Å². The number of benzene rings is 2. The summed E-state index contributed by atoms with van der Waals surface area (Å²) in [6, 6.07) is 11.5. The Morgan fingerprint density at radius 1 is 1.18 bits per heavy atom. The number of carbonyl (C=O) groups excluding carboxylic acids is 1. The zero-order chi connectivity index (χ0) is 23.6. The van der Waals surface area contributed by atoms with Crippen molar-refractivity contribution in [2.75, 3.05) is 23.8 Å². The number of sulfonamides is 1. The van der Waals surface area contributed by atoms with E-state index in [-0.39, 0.29) is 6.54 Å². The molecular weight excluding hydrogens is 444 g/mol. The van der Waals surface area contributed by atoms with Crippen LogP contribution < -0.4 is 19.1 Å². The number of aromatic nitrogens is 2. The number of aryl methyl sites for hydroxylation is 1. The van der Waals surface area contributed by atoms with E-state index < -0.39 is 22.0 Å². The van der Waals surface area contributed by atoms with E-state index in [2.05, 4.69) is 10.3 Å². The molecule has 2 aromatic carbocycles. The Kier molecular flexibility index (Phi) is 6.28. The van der Waals surface area contributed by atoms with Crippen molar-refractivity contribution < 1.29 is 22.7 Å². The van der Waals surface area contributed by atoms with Gasteiger partial charge in [-0.2, -0.15) is 0 Å². The number of nitrogens with one attached hydrogen (secondary N) is 1. The largest absolute Gasteiger partial charge is 0.486 e. The number of hydrogen-bond acceptors (Lipinski definition) is 6. The molecule has 3 aromatic rings. The molecule has 0 fully saturated rings. The van der Waals surface area contributed by atoms with Gasteiger partial charge in [-0.25, -0.2) is 13.4 Å². The molecule has 10 heteroatoms. The lowest BCUT2D eigenvalue weighted by Gasteiger charge is -2.29. The molecular formula is C23H26N4O5S. The Bertz CT molecular complexity index is 1270. The van der Waals surface area contributed by atoms with Crippen molar-refractivity contribution in [3.63, 3.8) is 0 Å². The monoisotopic (exact) mass is 470 g/mol. The summed E-state index contributed by atoms with van der Waals surface area (Å²) in [4.78, 5) is 17.3. The van der Waals surface area contributed by atoms with E-state index in [0.29, 0.717) is 30.4 Å². The van der Waals surface area contributed by atoms with Crippen LogP contribution in [0.4, 0.5) is 5.69 Å². The maximum Gasteiger partial charge on any atom is 0.243 e. The summed E-state index contributed by atoms with van der Waals surface area (Å²) in [5.74, 6) is 1.39. The number of carbonyl (C=O) groups is 1. The molecule has 9 nitrogen and oxygen atoms in total. The number of imidazole rings is 1. The zero-order valence-electron chi connectivity index (χ0n) is 18.7. The topological polar surface area (TPSA) is 103 Å². The van der Waals surface area contributed by atoms with E-state index in [1.807, 2.05) is 42.0 Å². The van der Waals surface area contributed by atoms with Crippen LogP contribution in [-0.2, 0) is 21.4 Å². The first-order chi connectivity index (χ1) is 15.8. The Balaban J connectivity index is 1.55. The van der Waals surface area contributed by atoms with E-state index in [0.717, 1.165) is 27.6 Å². The van der Waals surface area contributed by atoms with Gasteiger partial charge in [0.05, 0.1) is 17.6 Å². The number of para-hydroxylation sites is 1. The Hall–Kier alpha value is -3.53. The van der Waals surface area contributed by atoms with Crippen molar-refractivity contribution in [2.24, 2.45) is 0 Å². The van der Waals surface area contributed by atoms with E-state index in [4.69, 9.17) is 9.47 Å². The van der Waals surface area contributed by atoms with Crippen LogP contribution in [0.15, 0.2) is 54.9 Å². The highest BCUT2D eigenvalue weighted by Crippen LogP contribution is 2.35. The summed E-state index contributed by atoms with van der Waals surface area (Å²) < 4.78 is 39.4. The van der Waals surface area contributed by atoms with Crippen LogP contribution in [0.2, 0.25) is 0 Å². The van der Waals surface area contributed by atoms with Crippen LogP contribution in [0.1, 0.15) is 18.3 Å². The Morgan fingerprint density at radius 3 is 2.61 bits per heavy atom. The number of rotatable bonds is 7. The quantitative estimate of drug-likeness (QED) is 0.569. The molecule has 2 heterocycles. The van der Waals surface area contributed by atoms with E-state index in [1.165, 1.54) is 0 Å². The van der Waals surface area contributed by atoms with E-state index in [9.17, 15) is 13.2 Å². The number of fused-ring (bicyclic) bond motifs is 1. The van der Waals surface area contributed by atoms with E-state index >= 15 is 0 Å². The molecule has 0 saturated carbocycles. The second-order valence-corrected chi connectivity index (χ2v) is 9.61. The average Bonchev–Trinajstić information content (AvgIpc) is 3.22. The SMILES string of the molecule is Cc1nccn1-c1ccccc1CNC(=O)[C@H](C)N(c1ccc2c(c1)OCCO2)S(C)(=O)=O. The highest BCUT2D eigenvalue weighted by atomic mass is 32.2. The molecule has 1 aliphatic heterocycles. The fourth-order valence-electron chi connectivity index (χ4n) is 3.84. The maximum absolute atomic E-state index is 13.0. The van der Waals surface area contributed by atoms with Gasteiger partial charge in [-0.05, 0) is 37.6 Å². The van der Waals surface area contributed by atoms with Gasteiger partial charge in [0, 0.05) is 25.0 Å². The van der Waals surface area contributed by atoms with Crippen LogP contribution in [0.3, 0.4) is 0 Å². The van der Waals surface area contributed by atoms with Gasteiger partial charge in [-0.3, -0.25) is 9.10 Å². The summed E-state index contributed by atoms with van der Waals surface area (Å²) in [5, 5.41) is 2.87.